The minimum Gasteiger partial charge on any atom is -0.481 e. The van der Waals surface area contributed by atoms with Gasteiger partial charge in [0, 0.05) is 19.6 Å². The molecular weight excluding hydrogens is 332 g/mol. The van der Waals surface area contributed by atoms with Gasteiger partial charge in [0.1, 0.15) is 12.2 Å². The summed E-state index contributed by atoms with van der Waals surface area (Å²) < 4.78 is 17.8. The van der Waals surface area contributed by atoms with Crippen molar-refractivity contribution in [3.63, 3.8) is 0 Å². The molecule has 26 heavy (non-hydrogen) atoms. The van der Waals surface area contributed by atoms with Crippen molar-refractivity contribution < 1.29 is 24.1 Å². The predicted octanol–water partition coefficient (Wildman–Crippen LogP) is 3.96. The molecular formula is C21H34O5. The number of rotatable bonds is 14. The van der Waals surface area contributed by atoms with Crippen molar-refractivity contribution in [3.05, 3.63) is 12.2 Å². The van der Waals surface area contributed by atoms with Gasteiger partial charge in [0.25, 0.3) is 0 Å². The Morgan fingerprint density at radius 3 is 2.50 bits per heavy atom. The molecule has 5 heteroatoms. The molecule has 2 bridgehead atoms. The van der Waals surface area contributed by atoms with Crippen LogP contribution >= 0.6 is 0 Å². The molecule has 0 amide bonds. The van der Waals surface area contributed by atoms with Gasteiger partial charge in [-0.05, 0) is 43.9 Å². The smallest absolute Gasteiger partial charge is 0.303 e. The number of fused-ring (bicyclic) bond motifs is 5. The summed E-state index contributed by atoms with van der Waals surface area (Å²) in [6, 6.07) is 0. The van der Waals surface area contributed by atoms with E-state index in [2.05, 4.69) is 19.1 Å². The fourth-order valence-electron chi connectivity index (χ4n) is 4.56. The summed E-state index contributed by atoms with van der Waals surface area (Å²) >= 11 is 0. The first-order chi connectivity index (χ1) is 12.7. The highest BCUT2D eigenvalue weighted by Crippen LogP contribution is 2.55. The van der Waals surface area contributed by atoms with Crippen LogP contribution in [0.4, 0.5) is 0 Å². The predicted molar refractivity (Wildman–Crippen MR) is 99.1 cm³/mol. The lowest BCUT2D eigenvalue weighted by molar-refractivity contribution is -0.137. The van der Waals surface area contributed by atoms with Gasteiger partial charge in [0.05, 0.1) is 12.2 Å². The van der Waals surface area contributed by atoms with E-state index in [1.807, 2.05) is 0 Å². The van der Waals surface area contributed by atoms with Crippen LogP contribution < -0.4 is 0 Å². The zero-order valence-corrected chi connectivity index (χ0v) is 16.0. The first-order valence-corrected chi connectivity index (χ1v) is 10.5. The maximum Gasteiger partial charge on any atom is 0.303 e. The number of carboxylic acids is 1. The van der Waals surface area contributed by atoms with Crippen LogP contribution in [0.1, 0.15) is 64.7 Å². The lowest BCUT2D eigenvalue weighted by Gasteiger charge is -2.25. The Hall–Kier alpha value is -0.910. The molecule has 3 aliphatic rings. The van der Waals surface area contributed by atoms with E-state index in [1.54, 1.807) is 0 Å². The second-order valence-corrected chi connectivity index (χ2v) is 7.91. The monoisotopic (exact) mass is 366 g/mol. The van der Waals surface area contributed by atoms with Crippen molar-refractivity contribution in [2.75, 3.05) is 13.2 Å². The molecule has 3 fully saturated rings. The summed E-state index contributed by atoms with van der Waals surface area (Å²) in [6.45, 7) is 3.92. The highest BCUT2D eigenvalue weighted by molar-refractivity contribution is 5.66. The number of carboxylic acid groups (broad SMARTS) is 1. The van der Waals surface area contributed by atoms with Crippen LogP contribution in [0.25, 0.3) is 0 Å². The number of hydrogen-bond donors (Lipinski definition) is 1. The molecule has 3 aliphatic heterocycles. The second kappa shape index (κ2) is 9.86. The van der Waals surface area contributed by atoms with E-state index in [9.17, 15) is 4.79 Å². The summed E-state index contributed by atoms with van der Waals surface area (Å²) in [5.74, 6) is 0.331. The standard InChI is InChI=1S/C21H34O5/c1-2-3-4-9-13-24-14-12-16-15(10-7-5-6-8-11-17(22)23)18-20-21(26-20)19(16)25-18/h5,7,15-16,18-21H,2-4,6,8-14H2,1H3,(H,22,23)/b7-5-/t15-,16+,18+,19-,20-,21+/m0/s1. The third-order valence-corrected chi connectivity index (χ3v) is 5.99. The largest absolute Gasteiger partial charge is 0.481 e. The summed E-state index contributed by atoms with van der Waals surface area (Å²) in [5.41, 5.74) is 0. The van der Waals surface area contributed by atoms with Crippen molar-refractivity contribution in [2.24, 2.45) is 11.8 Å². The minimum atomic E-state index is -0.716. The molecule has 0 spiro atoms. The fraction of sp³-hybridized carbons (Fsp3) is 0.857. The number of carbonyl (C=O) groups is 1. The van der Waals surface area contributed by atoms with Crippen LogP contribution in [0.2, 0.25) is 0 Å². The molecule has 0 aromatic carbocycles. The third-order valence-electron chi connectivity index (χ3n) is 5.99. The van der Waals surface area contributed by atoms with Gasteiger partial charge in [0.2, 0.25) is 0 Å². The summed E-state index contributed by atoms with van der Waals surface area (Å²) in [6.07, 6.45) is 14.4. The van der Waals surface area contributed by atoms with E-state index in [0.717, 1.165) is 38.9 Å². The Morgan fingerprint density at radius 2 is 1.73 bits per heavy atom. The van der Waals surface area contributed by atoms with Crippen LogP contribution in [0.15, 0.2) is 12.2 Å². The van der Waals surface area contributed by atoms with Gasteiger partial charge in [-0.15, -0.1) is 0 Å². The number of allylic oxidation sites excluding steroid dienone is 2. The fourth-order valence-corrected chi connectivity index (χ4v) is 4.56. The second-order valence-electron chi connectivity index (χ2n) is 7.91. The van der Waals surface area contributed by atoms with Gasteiger partial charge in [0.15, 0.2) is 0 Å². The Bertz CT molecular complexity index is 477. The van der Waals surface area contributed by atoms with Crippen LogP contribution in [-0.4, -0.2) is 48.7 Å². The summed E-state index contributed by atoms with van der Waals surface area (Å²) in [4.78, 5) is 10.5. The van der Waals surface area contributed by atoms with Crippen molar-refractivity contribution in [1.82, 2.24) is 0 Å². The first-order valence-electron chi connectivity index (χ1n) is 10.5. The molecule has 0 saturated carbocycles. The molecule has 3 saturated heterocycles. The van der Waals surface area contributed by atoms with Crippen molar-refractivity contribution in [3.8, 4) is 0 Å². The van der Waals surface area contributed by atoms with Gasteiger partial charge in [-0.2, -0.15) is 0 Å². The molecule has 1 N–H and O–H groups in total. The number of hydrogen-bond acceptors (Lipinski definition) is 4. The maximum atomic E-state index is 10.5. The average molecular weight is 366 g/mol. The minimum absolute atomic E-state index is 0.247. The lowest BCUT2D eigenvalue weighted by Crippen LogP contribution is -2.33. The first kappa shape index (κ1) is 19.8. The molecule has 3 heterocycles. The molecule has 0 radical (unpaired) electrons. The number of unbranched alkanes of at least 4 members (excludes halogenated alkanes) is 4. The Kier molecular flexibility index (Phi) is 7.52. The highest BCUT2D eigenvalue weighted by atomic mass is 16.7. The van der Waals surface area contributed by atoms with Crippen LogP contribution in [0.3, 0.4) is 0 Å². The van der Waals surface area contributed by atoms with Crippen LogP contribution in [0.5, 0.6) is 0 Å². The van der Waals surface area contributed by atoms with Gasteiger partial charge >= 0.3 is 5.97 Å². The molecule has 5 nitrogen and oxygen atoms in total. The normalized spacial score (nSPS) is 34.5. The zero-order chi connectivity index (χ0) is 18.4. The summed E-state index contributed by atoms with van der Waals surface area (Å²) in [7, 11) is 0. The Labute approximate surface area is 157 Å². The number of epoxide rings is 1. The molecule has 148 valence electrons. The average Bonchev–Trinajstić information content (AvgIpc) is 3.25. The van der Waals surface area contributed by atoms with Crippen molar-refractivity contribution in [1.29, 1.82) is 0 Å². The third kappa shape index (κ3) is 5.08. The van der Waals surface area contributed by atoms with Crippen molar-refractivity contribution >= 4 is 5.97 Å². The van der Waals surface area contributed by atoms with E-state index in [-0.39, 0.29) is 18.6 Å². The van der Waals surface area contributed by atoms with Crippen molar-refractivity contribution in [2.45, 2.75) is 89.1 Å². The van der Waals surface area contributed by atoms with E-state index >= 15 is 0 Å². The summed E-state index contributed by atoms with van der Waals surface area (Å²) in [5, 5.41) is 8.68. The zero-order valence-electron chi connectivity index (χ0n) is 16.0. The lowest BCUT2D eigenvalue weighted by atomic mass is 9.76. The molecule has 0 aromatic rings. The number of aliphatic carboxylic acids is 1. The van der Waals surface area contributed by atoms with Crippen LogP contribution in [0, 0.1) is 11.8 Å². The quantitative estimate of drug-likeness (QED) is 0.286. The number of ether oxygens (including phenoxy) is 3. The van der Waals surface area contributed by atoms with E-state index in [4.69, 9.17) is 19.3 Å². The molecule has 6 atom stereocenters. The Morgan fingerprint density at radius 1 is 0.962 bits per heavy atom. The van der Waals surface area contributed by atoms with Gasteiger partial charge in [-0.1, -0.05) is 38.3 Å². The molecule has 0 aliphatic carbocycles. The van der Waals surface area contributed by atoms with Gasteiger partial charge in [-0.25, -0.2) is 0 Å². The maximum absolute atomic E-state index is 10.5. The van der Waals surface area contributed by atoms with Gasteiger partial charge in [-0.3, -0.25) is 4.79 Å². The SMILES string of the molecule is CCCCCCOCC[C@@H]1[C@H](C/C=C\CCCC(=O)O)[C@H]2O[C@@H]1[C@H]1O[C@H]12. The van der Waals surface area contributed by atoms with E-state index in [1.165, 1.54) is 19.3 Å². The molecule has 3 rings (SSSR count). The van der Waals surface area contributed by atoms with Gasteiger partial charge < -0.3 is 19.3 Å². The molecule has 0 aromatic heterocycles. The van der Waals surface area contributed by atoms with E-state index < -0.39 is 5.97 Å². The van der Waals surface area contributed by atoms with Crippen LogP contribution in [-0.2, 0) is 19.0 Å². The van der Waals surface area contributed by atoms with E-state index in [0.29, 0.717) is 30.5 Å². The Balaban J connectivity index is 1.36. The topological polar surface area (TPSA) is 68.3 Å². The highest BCUT2D eigenvalue weighted by Gasteiger charge is 2.68. The molecule has 0 unspecified atom stereocenters.